The zero-order chi connectivity index (χ0) is 5.98. The van der Waals surface area contributed by atoms with Gasteiger partial charge in [0, 0.05) is 4.83 Å². The first kappa shape index (κ1) is 6.56. The maximum atomic E-state index is 9.13. The number of aliphatic hydroxyl groups excluding tert-OH is 1. The number of hydrogen-bond donors (Lipinski definition) is 1. The lowest BCUT2D eigenvalue weighted by Gasteiger charge is -2.21. The zero-order valence-electron chi connectivity index (χ0n) is 4.81. The van der Waals surface area contributed by atoms with Gasteiger partial charge in [0.05, 0.1) is 6.10 Å². The van der Waals surface area contributed by atoms with E-state index in [-0.39, 0.29) is 6.10 Å². The van der Waals surface area contributed by atoms with Crippen LogP contribution in [0.3, 0.4) is 0 Å². The molecule has 0 saturated heterocycles. The lowest BCUT2D eigenvalue weighted by Crippen LogP contribution is -2.23. The molecule has 0 heterocycles. The highest BCUT2D eigenvalue weighted by atomic mass is 79.9. The number of rotatable bonds is 0. The molecule has 1 aliphatic rings. The van der Waals surface area contributed by atoms with Gasteiger partial charge in [-0.05, 0) is 12.8 Å². The zero-order valence-corrected chi connectivity index (χ0v) is 6.39. The molecule has 1 aliphatic carbocycles. The van der Waals surface area contributed by atoms with Crippen molar-refractivity contribution in [2.75, 3.05) is 0 Å². The Kier molecular flexibility index (Phi) is 2.32. The minimum absolute atomic E-state index is 0.0799. The van der Waals surface area contributed by atoms with Crippen LogP contribution in [0.25, 0.3) is 0 Å². The molecule has 0 bridgehead atoms. The summed E-state index contributed by atoms with van der Waals surface area (Å²) in [5.74, 6) is 0. The summed E-state index contributed by atoms with van der Waals surface area (Å²) in [5.41, 5.74) is 0. The second-order valence-corrected chi connectivity index (χ2v) is 3.54. The van der Waals surface area contributed by atoms with Crippen molar-refractivity contribution in [3.8, 4) is 0 Å². The standard InChI is InChI=1S/C6H11BrO/c7-5-3-1-2-4-6(5)8/h5-6,8H,1-4H2/t5-,6?/m1/s1. The normalized spacial score (nSPS) is 39.8. The van der Waals surface area contributed by atoms with Crippen LogP contribution in [0.1, 0.15) is 25.7 Å². The monoisotopic (exact) mass is 178 g/mol. The molecule has 1 nitrogen and oxygen atoms in total. The van der Waals surface area contributed by atoms with Crippen molar-refractivity contribution >= 4 is 15.9 Å². The Balaban J connectivity index is 2.28. The SMILES string of the molecule is OC1CCCC[C@H]1Br. The summed E-state index contributed by atoms with van der Waals surface area (Å²) >= 11 is 3.40. The van der Waals surface area contributed by atoms with Crippen LogP contribution >= 0.6 is 15.9 Å². The largest absolute Gasteiger partial charge is 0.392 e. The summed E-state index contributed by atoms with van der Waals surface area (Å²) in [6.07, 6.45) is 4.51. The maximum Gasteiger partial charge on any atom is 0.0665 e. The van der Waals surface area contributed by atoms with E-state index in [1.165, 1.54) is 12.8 Å². The Morgan fingerprint density at radius 3 is 2.25 bits per heavy atom. The van der Waals surface area contributed by atoms with E-state index in [1.54, 1.807) is 0 Å². The van der Waals surface area contributed by atoms with Gasteiger partial charge in [0.15, 0.2) is 0 Å². The first-order valence-electron chi connectivity index (χ1n) is 3.13. The number of halogens is 1. The molecular formula is C6H11BrO. The van der Waals surface area contributed by atoms with Gasteiger partial charge in [-0.25, -0.2) is 0 Å². The van der Waals surface area contributed by atoms with Gasteiger partial charge in [0.25, 0.3) is 0 Å². The van der Waals surface area contributed by atoms with E-state index in [9.17, 15) is 0 Å². The molecule has 0 aromatic rings. The van der Waals surface area contributed by atoms with Crippen molar-refractivity contribution in [2.45, 2.75) is 36.6 Å². The molecule has 0 spiro atoms. The summed E-state index contributed by atoms with van der Waals surface area (Å²) in [4.78, 5) is 0.372. The molecule has 48 valence electrons. The van der Waals surface area contributed by atoms with Crippen LogP contribution < -0.4 is 0 Å². The summed E-state index contributed by atoms with van der Waals surface area (Å²) in [6, 6.07) is 0. The predicted molar refractivity (Wildman–Crippen MR) is 37.2 cm³/mol. The highest BCUT2D eigenvalue weighted by molar-refractivity contribution is 9.09. The Hall–Kier alpha value is 0.440. The van der Waals surface area contributed by atoms with Crippen LogP contribution in [0.2, 0.25) is 0 Å². The molecular weight excluding hydrogens is 168 g/mol. The van der Waals surface area contributed by atoms with Crippen molar-refractivity contribution in [3.63, 3.8) is 0 Å². The van der Waals surface area contributed by atoms with E-state index in [1.807, 2.05) is 0 Å². The third-order valence-corrected chi connectivity index (χ3v) is 2.72. The molecule has 0 aromatic heterocycles. The van der Waals surface area contributed by atoms with Crippen molar-refractivity contribution in [3.05, 3.63) is 0 Å². The molecule has 1 unspecified atom stereocenters. The summed E-state index contributed by atoms with van der Waals surface area (Å²) < 4.78 is 0. The predicted octanol–water partition coefficient (Wildman–Crippen LogP) is 1.68. The lowest BCUT2D eigenvalue weighted by molar-refractivity contribution is 0.139. The van der Waals surface area contributed by atoms with E-state index < -0.39 is 0 Å². The van der Waals surface area contributed by atoms with E-state index in [0.29, 0.717) is 4.83 Å². The van der Waals surface area contributed by atoms with Crippen molar-refractivity contribution in [2.24, 2.45) is 0 Å². The molecule has 0 radical (unpaired) electrons. The van der Waals surface area contributed by atoms with Gasteiger partial charge >= 0.3 is 0 Å². The van der Waals surface area contributed by atoms with E-state index in [0.717, 1.165) is 12.8 Å². The molecule has 0 aromatic carbocycles. The fourth-order valence-corrected chi connectivity index (χ4v) is 1.65. The number of aliphatic hydroxyl groups is 1. The smallest absolute Gasteiger partial charge is 0.0665 e. The summed E-state index contributed by atoms with van der Waals surface area (Å²) in [5, 5.41) is 9.13. The third-order valence-electron chi connectivity index (χ3n) is 1.65. The fraction of sp³-hybridized carbons (Fsp3) is 1.00. The molecule has 2 atom stereocenters. The molecule has 2 heteroatoms. The number of hydrogen-bond acceptors (Lipinski definition) is 1. The highest BCUT2D eigenvalue weighted by Crippen LogP contribution is 2.23. The van der Waals surface area contributed by atoms with Crippen LogP contribution in [-0.2, 0) is 0 Å². The van der Waals surface area contributed by atoms with E-state index in [4.69, 9.17) is 5.11 Å². The maximum absolute atomic E-state index is 9.13. The Labute approximate surface area is 58.2 Å². The van der Waals surface area contributed by atoms with Crippen LogP contribution in [-0.4, -0.2) is 16.0 Å². The average Bonchev–Trinajstić information content (AvgIpc) is 1.77. The summed E-state index contributed by atoms with van der Waals surface area (Å²) in [6.45, 7) is 0. The highest BCUT2D eigenvalue weighted by Gasteiger charge is 2.19. The van der Waals surface area contributed by atoms with E-state index >= 15 is 0 Å². The van der Waals surface area contributed by atoms with Crippen LogP contribution in [0, 0.1) is 0 Å². The van der Waals surface area contributed by atoms with Gasteiger partial charge in [0.1, 0.15) is 0 Å². The molecule has 1 rings (SSSR count). The molecule has 8 heavy (non-hydrogen) atoms. The second kappa shape index (κ2) is 2.83. The average molecular weight is 179 g/mol. The third kappa shape index (κ3) is 1.46. The molecule has 0 aliphatic heterocycles. The number of alkyl halides is 1. The summed E-state index contributed by atoms with van der Waals surface area (Å²) in [7, 11) is 0. The Bertz CT molecular complexity index is 64.9. The van der Waals surface area contributed by atoms with Crippen molar-refractivity contribution in [1.29, 1.82) is 0 Å². The molecule has 1 N–H and O–H groups in total. The molecule has 1 saturated carbocycles. The van der Waals surface area contributed by atoms with Gasteiger partial charge in [-0.1, -0.05) is 28.8 Å². The van der Waals surface area contributed by atoms with Gasteiger partial charge in [0.2, 0.25) is 0 Å². The Morgan fingerprint density at radius 1 is 1.25 bits per heavy atom. The fourth-order valence-electron chi connectivity index (χ4n) is 1.07. The van der Waals surface area contributed by atoms with Crippen molar-refractivity contribution in [1.82, 2.24) is 0 Å². The van der Waals surface area contributed by atoms with E-state index in [2.05, 4.69) is 15.9 Å². The van der Waals surface area contributed by atoms with Crippen molar-refractivity contribution < 1.29 is 5.11 Å². The minimum Gasteiger partial charge on any atom is -0.392 e. The van der Waals surface area contributed by atoms with Crippen LogP contribution in [0.15, 0.2) is 0 Å². The Morgan fingerprint density at radius 2 is 1.88 bits per heavy atom. The van der Waals surface area contributed by atoms with Gasteiger partial charge in [-0.2, -0.15) is 0 Å². The van der Waals surface area contributed by atoms with Crippen LogP contribution in [0.5, 0.6) is 0 Å². The van der Waals surface area contributed by atoms with Gasteiger partial charge in [-0.3, -0.25) is 0 Å². The lowest BCUT2D eigenvalue weighted by atomic mass is 9.98. The second-order valence-electron chi connectivity index (χ2n) is 2.37. The first-order valence-corrected chi connectivity index (χ1v) is 4.04. The minimum atomic E-state index is -0.0799. The van der Waals surface area contributed by atoms with Gasteiger partial charge in [-0.15, -0.1) is 0 Å². The quantitative estimate of drug-likeness (QED) is 0.561. The van der Waals surface area contributed by atoms with Gasteiger partial charge < -0.3 is 5.11 Å². The first-order chi connectivity index (χ1) is 3.80. The van der Waals surface area contributed by atoms with Crippen LogP contribution in [0.4, 0.5) is 0 Å². The molecule has 0 amide bonds. The topological polar surface area (TPSA) is 20.2 Å². The molecule has 1 fully saturated rings.